The minimum Gasteiger partial charge on any atom is -0.290 e. The molecule has 3 aromatic rings. The van der Waals surface area contributed by atoms with Crippen LogP contribution < -0.4 is 11.3 Å². The zero-order valence-electron chi connectivity index (χ0n) is 10.6. The molecule has 4 nitrogen and oxygen atoms in total. The number of hydrogen-bond acceptors (Lipinski definition) is 4. The number of carbonyl (C=O) groups excluding carboxylic acids is 1. The Morgan fingerprint density at radius 3 is 2.76 bits per heavy atom. The summed E-state index contributed by atoms with van der Waals surface area (Å²) in [5, 5.41) is 1.93. The lowest BCUT2D eigenvalue weighted by atomic mass is 10.2. The first kappa shape index (κ1) is 14.3. The summed E-state index contributed by atoms with van der Waals surface area (Å²) >= 11 is 13.6. The van der Waals surface area contributed by atoms with Crippen LogP contribution in [0.1, 0.15) is 10.4 Å². The lowest BCUT2D eigenvalue weighted by Crippen LogP contribution is -2.29. The molecule has 0 unspecified atom stereocenters. The number of fused-ring (bicyclic) bond motifs is 1. The van der Waals surface area contributed by atoms with Crippen LogP contribution >= 0.6 is 34.5 Å². The highest BCUT2D eigenvalue weighted by molar-refractivity contribution is 7.21. The highest BCUT2D eigenvalue weighted by Crippen LogP contribution is 2.36. The Hall–Kier alpha value is -1.66. The maximum absolute atomic E-state index is 11.5. The number of nitrogen functional groups attached to an aromatic ring is 1. The van der Waals surface area contributed by atoms with E-state index in [1.807, 2.05) is 0 Å². The highest BCUT2D eigenvalue weighted by Gasteiger charge is 2.12. The van der Waals surface area contributed by atoms with Crippen LogP contribution in [0.3, 0.4) is 0 Å². The van der Waals surface area contributed by atoms with E-state index in [1.54, 1.807) is 36.4 Å². The van der Waals surface area contributed by atoms with Crippen molar-refractivity contribution in [3.63, 3.8) is 0 Å². The van der Waals surface area contributed by atoms with Gasteiger partial charge in [0.15, 0.2) is 0 Å². The van der Waals surface area contributed by atoms with Crippen molar-refractivity contribution in [2.75, 3.05) is 0 Å². The van der Waals surface area contributed by atoms with Gasteiger partial charge in [-0.05, 0) is 36.4 Å². The molecule has 1 aromatic heterocycles. The minimum absolute atomic E-state index is 0.340. The first-order valence-electron chi connectivity index (χ1n) is 5.95. The molecular formula is C14H9Cl2N3OS. The standard InChI is InChI=1S/C14H9Cl2N3OS/c15-8-2-3-10(16)9(6-8)14-18-11-4-1-7(13(20)19-17)5-12(11)21-14/h1-6H,17H2,(H,19,20). The fourth-order valence-electron chi connectivity index (χ4n) is 1.93. The third-order valence-corrected chi connectivity index (χ3v) is 4.56. The molecule has 0 radical (unpaired) electrons. The SMILES string of the molecule is NNC(=O)c1ccc2nc(-c3cc(Cl)ccc3Cl)sc2c1. The van der Waals surface area contributed by atoms with Gasteiger partial charge in [-0.1, -0.05) is 23.2 Å². The average molecular weight is 338 g/mol. The van der Waals surface area contributed by atoms with Crippen LogP contribution in [0.25, 0.3) is 20.8 Å². The smallest absolute Gasteiger partial charge is 0.265 e. The largest absolute Gasteiger partial charge is 0.290 e. The van der Waals surface area contributed by atoms with Gasteiger partial charge in [-0.25, -0.2) is 10.8 Å². The van der Waals surface area contributed by atoms with E-state index in [1.165, 1.54) is 11.3 Å². The summed E-state index contributed by atoms with van der Waals surface area (Å²) in [6.45, 7) is 0. The van der Waals surface area contributed by atoms with E-state index in [2.05, 4.69) is 10.4 Å². The molecule has 0 saturated heterocycles. The summed E-state index contributed by atoms with van der Waals surface area (Å²) in [6.07, 6.45) is 0. The highest BCUT2D eigenvalue weighted by atomic mass is 35.5. The van der Waals surface area contributed by atoms with Crippen LogP contribution in [0.2, 0.25) is 10.0 Å². The fourth-order valence-corrected chi connectivity index (χ4v) is 3.40. The van der Waals surface area contributed by atoms with Crippen LogP contribution in [-0.4, -0.2) is 10.9 Å². The second-order valence-corrected chi connectivity index (χ2v) is 6.17. The van der Waals surface area contributed by atoms with E-state index in [0.29, 0.717) is 15.6 Å². The van der Waals surface area contributed by atoms with Crippen molar-refractivity contribution in [1.82, 2.24) is 10.4 Å². The first-order chi connectivity index (χ1) is 10.1. The van der Waals surface area contributed by atoms with E-state index < -0.39 is 0 Å². The van der Waals surface area contributed by atoms with Gasteiger partial charge in [0.05, 0.1) is 15.2 Å². The predicted octanol–water partition coefficient (Wildman–Crippen LogP) is 3.87. The number of hydrazine groups is 1. The van der Waals surface area contributed by atoms with Crippen molar-refractivity contribution in [3.05, 3.63) is 52.0 Å². The zero-order chi connectivity index (χ0) is 15.0. The van der Waals surface area contributed by atoms with Crippen molar-refractivity contribution in [3.8, 4) is 10.6 Å². The molecule has 21 heavy (non-hydrogen) atoms. The van der Waals surface area contributed by atoms with Gasteiger partial charge < -0.3 is 0 Å². The summed E-state index contributed by atoms with van der Waals surface area (Å²) < 4.78 is 0.877. The number of nitrogens with zero attached hydrogens (tertiary/aromatic N) is 1. The van der Waals surface area contributed by atoms with E-state index in [-0.39, 0.29) is 5.91 Å². The first-order valence-corrected chi connectivity index (χ1v) is 7.52. The summed E-state index contributed by atoms with van der Waals surface area (Å²) in [5.41, 5.74) is 4.16. The van der Waals surface area contributed by atoms with Gasteiger partial charge in [0.1, 0.15) is 5.01 Å². The Labute approximate surface area is 134 Å². The Bertz CT molecular complexity index is 847. The number of halogens is 2. The molecule has 2 aromatic carbocycles. The molecule has 1 amide bonds. The number of nitrogens with one attached hydrogen (secondary N) is 1. The van der Waals surface area contributed by atoms with Gasteiger partial charge in [0, 0.05) is 16.1 Å². The number of benzene rings is 2. The normalized spacial score (nSPS) is 10.8. The molecule has 3 N–H and O–H groups in total. The van der Waals surface area contributed by atoms with E-state index >= 15 is 0 Å². The molecule has 106 valence electrons. The number of amides is 1. The minimum atomic E-state index is -0.340. The monoisotopic (exact) mass is 337 g/mol. The maximum Gasteiger partial charge on any atom is 0.265 e. The molecule has 0 fully saturated rings. The number of carbonyl (C=O) groups is 1. The van der Waals surface area contributed by atoms with Crippen LogP contribution in [-0.2, 0) is 0 Å². The molecule has 1 heterocycles. The fraction of sp³-hybridized carbons (Fsp3) is 0. The van der Waals surface area contributed by atoms with E-state index in [4.69, 9.17) is 29.0 Å². The lowest BCUT2D eigenvalue weighted by Gasteiger charge is -2.00. The van der Waals surface area contributed by atoms with Crippen molar-refractivity contribution >= 4 is 50.7 Å². The molecular weight excluding hydrogens is 329 g/mol. The van der Waals surface area contributed by atoms with Crippen molar-refractivity contribution in [2.45, 2.75) is 0 Å². The molecule has 0 saturated carbocycles. The van der Waals surface area contributed by atoms with Gasteiger partial charge in [-0.15, -0.1) is 11.3 Å². The molecule has 0 aliphatic carbocycles. The van der Waals surface area contributed by atoms with Crippen LogP contribution in [0.5, 0.6) is 0 Å². The van der Waals surface area contributed by atoms with Crippen molar-refractivity contribution in [2.24, 2.45) is 5.84 Å². The molecule has 3 rings (SSSR count). The summed E-state index contributed by atoms with van der Waals surface area (Å²) in [6, 6.07) is 10.4. The molecule has 0 atom stereocenters. The summed E-state index contributed by atoms with van der Waals surface area (Å²) in [4.78, 5) is 16.1. The zero-order valence-corrected chi connectivity index (χ0v) is 12.9. The van der Waals surface area contributed by atoms with Gasteiger partial charge in [-0.2, -0.15) is 0 Å². The average Bonchev–Trinajstić information content (AvgIpc) is 2.91. The van der Waals surface area contributed by atoms with E-state index in [0.717, 1.165) is 20.8 Å². The Kier molecular flexibility index (Phi) is 3.82. The third kappa shape index (κ3) is 2.73. The Balaban J connectivity index is 2.13. The Morgan fingerprint density at radius 1 is 1.19 bits per heavy atom. The number of rotatable bonds is 2. The molecule has 0 bridgehead atoms. The van der Waals surface area contributed by atoms with Crippen molar-refractivity contribution in [1.29, 1.82) is 0 Å². The van der Waals surface area contributed by atoms with Gasteiger partial charge in [0.25, 0.3) is 5.91 Å². The van der Waals surface area contributed by atoms with Gasteiger partial charge in [-0.3, -0.25) is 10.2 Å². The number of aromatic nitrogens is 1. The topological polar surface area (TPSA) is 68.0 Å². The van der Waals surface area contributed by atoms with Gasteiger partial charge in [0.2, 0.25) is 0 Å². The lowest BCUT2D eigenvalue weighted by molar-refractivity contribution is 0.0954. The number of hydrogen-bond donors (Lipinski definition) is 2. The van der Waals surface area contributed by atoms with Crippen LogP contribution in [0.4, 0.5) is 0 Å². The molecule has 7 heteroatoms. The van der Waals surface area contributed by atoms with Gasteiger partial charge >= 0.3 is 0 Å². The molecule has 0 aliphatic rings. The van der Waals surface area contributed by atoms with E-state index in [9.17, 15) is 4.79 Å². The second-order valence-electron chi connectivity index (χ2n) is 4.30. The maximum atomic E-state index is 11.5. The number of thiazole rings is 1. The second kappa shape index (κ2) is 5.61. The summed E-state index contributed by atoms with van der Waals surface area (Å²) in [5.74, 6) is 4.80. The molecule has 0 spiro atoms. The molecule has 0 aliphatic heterocycles. The third-order valence-electron chi connectivity index (χ3n) is 2.94. The number of nitrogens with two attached hydrogens (primary N) is 1. The predicted molar refractivity (Wildman–Crippen MR) is 86.7 cm³/mol. The quantitative estimate of drug-likeness (QED) is 0.423. The van der Waals surface area contributed by atoms with Crippen LogP contribution in [0.15, 0.2) is 36.4 Å². The summed E-state index contributed by atoms with van der Waals surface area (Å²) in [7, 11) is 0. The Morgan fingerprint density at radius 2 is 2.00 bits per heavy atom. The van der Waals surface area contributed by atoms with Crippen LogP contribution in [0, 0.1) is 0 Å². The van der Waals surface area contributed by atoms with Crippen molar-refractivity contribution < 1.29 is 4.79 Å².